The highest BCUT2D eigenvalue weighted by molar-refractivity contribution is 8.01. The Morgan fingerprint density at radius 3 is 2.86 bits per heavy atom. The number of amides is 2. The molecule has 2 aromatic carbocycles. The molecule has 146 valence electrons. The third-order valence-corrected chi connectivity index (χ3v) is 7.40. The Balaban J connectivity index is 1.59. The second kappa shape index (κ2) is 6.79. The van der Waals surface area contributed by atoms with Gasteiger partial charge < -0.3 is 9.80 Å². The van der Waals surface area contributed by atoms with Crippen LogP contribution in [0.25, 0.3) is 0 Å². The molecule has 3 aliphatic rings. The first-order valence-electron chi connectivity index (χ1n) is 9.61. The van der Waals surface area contributed by atoms with Gasteiger partial charge in [-0.2, -0.15) is 5.26 Å². The van der Waals surface area contributed by atoms with Gasteiger partial charge in [0.1, 0.15) is 0 Å². The van der Waals surface area contributed by atoms with E-state index < -0.39 is 4.87 Å². The molecule has 0 unspecified atom stereocenters. The molecule has 1 spiro atoms. The van der Waals surface area contributed by atoms with Crippen LogP contribution in [-0.2, 0) is 21.0 Å². The number of nitrogens with zero attached hydrogens (tertiary/aromatic N) is 3. The number of hydrogen-bond donors (Lipinski definition) is 0. The van der Waals surface area contributed by atoms with Gasteiger partial charge in [0.15, 0.2) is 4.87 Å². The highest BCUT2D eigenvalue weighted by atomic mass is 35.5. The van der Waals surface area contributed by atoms with Gasteiger partial charge in [0.25, 0.3) is 5.91 Å². The molecule has 0 radical (unpaired) electrons. The lowest BCUT2D eigenvalue weighted by atomic mass is 10.1. The maximum Gasteiger partial charge on any atom is 0.268 e. The molecule has 7 heteroatoms. The summed E-state index contributed by atoms with van der Waals surface area (Å²) in [7, 11) is 0. The summed E-state index contributed by atoms with van der Waals surface area (Å²) in [5.41, 5.74) is 3.01. The maximum atomic E-state index is 13.8. The SMILES string of the molecule is N#Cc1cccc(CN2C(=O)[C@]3(SCCN3C(=O)C3CC3)c3cc(Cl)ccc32)c1. The van der Waals surface area contributed by atoms with E-state index in [0.717, 1.165) is 29.7 Å². The molecule has 0 aromatic heterocycles. The fourth-order valence-corrected chi connectivity index (χ4v) is 5.87. The Bertz CT molecular complexity index is 1080. The van der Waals surface area contributed by atoms with Gasteiger partial charge in [-0.3, -0.25) is 9.59 Å². The third-order valence-electron chi connectivity index (χ3n) is 5.74. The first-order valence-corrected chi connectivity index (χ1v) is 11.0. The topological polar surface area (TPSA) is 64.4 Å². The number of anilines is 1. The summed E-state index contributed by atoms with van der Waals surface area (Å²) in [5, 5.41) is 9.74. The molecule has 1 saturated carbocycles. The highest BCUT2D eigenvalue weighted by Gasteiger charge is 2.60. The van der Waals surface area contributed by atoms with Gasteiger partial charge in [0.05, 0.1) is 23.9 Å². The number of benzene rings is 2. The Labute approximate surface area is 178 Å². The van der Waals surface area contributed by atoms with Crippen LogP contribution in [0.3, 0.4) is 0 Å². The van der Waals surface area contributed by atoms with E-state index in [1.165, 1.54) is 11.8 Å². The first kappa shape index (κ1) is 18.5. The molecule has 1 aliphatic carbocycles. The summed E-state index contributed by atoms with van der Waals surface area (Å²) >= 11 is 7.82. The van der Waals surface area contributed by atoms with Crippen LogP contribution in [0.1, 0.15) is 29.5 Å². The van der Waals surface area contributed by atoms with Crippen molar-refractivity contribution in [2.24, 2.45) is 5.92 Å². The fraction of sp³-hybridized carbons (Fsp3) is 0.318. The van der Waals surface area contributed by atoms with E-state index in [2.05, 4.69) is 6.07 Å². The summed E-state index contributed by atoms with van der Waals surface area (Å²) in [6.45, 7) is 0.909. The Morgan fingerprint density at radius 1 is 1.28 bits per heavy atom. The fourth-order valence-electron chi connectivity index (χ4n) is 4.24. The van der Waals surface area contributed by atoms with E-state index in [4.69, 9.17) is 11.6 Å². The minimum atomic E-state index is -1.03. The molecular formula is C22H18ClN3O2S. The second-order valence-electron chi connectivity index (χ2n) is 7.62. The van der Waals surface area contributed by atoms with Crippen LogP contribution >= 0.6 is 23.4 Å². The predicted molar refractivity (Wildman–Crippen MR) is 112 cm³/mol. The zero-order chi connectivity index (χ0) is 20.2. The van der Waals surface area contributed by atoms with Crippen molar-refractivity contribution in [1.82, 2.24) is 4.90 Å². The number of thioether (sulfide) groups is 1. The van der Waals surface area contributed by atoms with Gasteiger partial charge in [0, 0.05) is 28.8 Å². The lowest BCUT2D eigenvalue weighted by Crippen LogP contribution is -2.50. The van der Waals surface area contributed by atoms with Crippen LogP contribution in [-0.4, -0.2) is 29.0 Å². The van der Waals surface area contributed by atoms with Gasteiger partial charge >= 0.3 is 0 Å². The Morgan fingerprint density at radius 2 is 2.10 bits per heavy atom. The van der Waals surface area contributed by atoms with Crippen molar-refractivity contribution < 1.29 is 9.59 Å². The molecule has 5 nitrogen and oxygen atoms in total. The van der Waals surface area contributed by atoms with Crippen LogP contribution in [0, 0.1) is 17.2 Å². The molecule has 2 heterocycles. The molecule has 0 bridgehead atoms. The summed E-state index contributed by atoms with van der Waals surface area (Å²) < 4.78 is 0. The standard InChI is InChI=1S/C22H18ClN3O2S/c23-17-6-7-19-18(11-17)22(26(8-9-29-22)20(27)16-4-5-16)21(28)25(19)13-15-3-1-2-14(10-15)12-24/h1-3,6-7,10-11,16H,4-5,8-9,13H2/t22-/m1/s1. The number of nitriles is 1. The maximum absolute atomic E-state index is 13.8. The summed E-state index contributed by atoms with van der Waals surface area (Å²) in [6.07, 6.45) is 1.80. The van der Waals surface area contributed by atoms with Crippen LogP contribution < -0.4 is 4.90 Å². The summed E-state index contributed by atoms with van der Waals surface area (Å²) in [6, 6.07) is 14.9. The average Bonchev–Trinajstić information content (AvgIpc) is 3.45. The molecule has 29 heavy (non-hydrogen) atoms. The molecule has 1 saturated heterocycles. The summed E-state index contributed by atoms with van der Waals surface area (Å²) in [5.74, 6) is 0.729. The number of rotatable bonds is 3. The second-order valence-corrected chi connectivity index (χ2v) is 9.35. The van der Waals surface area contributed by atoms with Crippen LogP contribution in [0.15, 0.2) is 42.5 Å². The largest absolute Gasteiger partial charge is 0.315 e. The van der Waals surface area contributed by atoms with Crippen molar-refractivity contribution in [3.05, 3.63) is 64.2 Å². The van der Waals surface area contributed by atoms with Crippen molar-refractivity contribution >= 4 is 40.9 Å². The summed E-state index contributed by atoms with van der Waals surface area (Å²) in [4.78, 5) is 29.3. The lowest BCUT2D eigenvalue weighted by molar-refractivity contribution is -0.141. The highest BCUT2D eigenvalue weighted by Crippen LogP contribution is 2.56. The van der Waals surface area contributed by atoms with E-state index in [1.807, 2.05) is 24.3 Å². The number of carbonyl (C=O) groups is 2. The minimum absolute atomic E-state index is 0.0439. The normalized spacial score (nSPS) is 22.8. The lowest BCUT2D eigenvalue weighted by Gasteiger charge is -2.33. The van der Waals surface area contributed by atoms with E-state index in [9.17, 15) is 14.9 Å². The zero-order valence-corrected chi connectivity index (χ0v) is 17.2. The average molecular weight is 424 g/mol. The Hall–Kier alpha value is -2.49. The van der Waals surface area contributed by atoms with E-state index in [1.54, 1.807) is 28.0 Å². The number of fused-ring (bicyclic) bond motifs is 2. The number of carbonyl (C=O) groups excluding carboxylic acids is 2. The van der Waals surface area contributed by atoms with Crippen LogP contribution in [0.4, 0.5) is 5.69 Å². The minimum Gasteiger partial charge on any atom is -0.315 e. The van der Waals surface area contributed by atoms with Crippen molar-refractivity contribution in [2.45, 2.75) is 24.3 Å². The van der Waals surface area contributed by atoms with Crippen LogP contribution in [0.5, 0.6) is 0 Å². The van der Waals surface area contributed by atoms with Gasteiger partial charge in [-0.25, -0.2) is 0 Å². The monoisotopic (exact) mass is 423 g/mol. The molecular weight excluding hydrogens is 406 g/mol. The number of hydrogen-bond acceptors (Lipinski definition) is 4. The molecule has 2 amide bonds. The number of halogens is 1. The van der Waals surface area contributed by atoms with Crippen molar-refractivity contribution in [2.75, 3.05) is 17.2 Å². The zero-order valence-electron chi connectivity index (χ0n) is 15.6. The Kier molecular flexibility index (Phi) is 4.34. The molecule has 0 N–H and O–H groups in total. The van der Waals surface area contributed by atoms with Crippen molar-refractivity contribution in [1.29, 1.82) is 5.26 Å². The molecule has 2 aromatic rings. The van der Waals surface area contributed by atoms with Gasteiger partial charge in [-0.15, -0.1) is 11.8 Å². The first-order chi connectivity index (χ1) is 14.0. The molecule has 2 aliphatic heterocycles. The van der Waals surface area contributed by atoms with Gasteiger partial charge in [-0.05, 0) is 48.7 Å². The third kappa shape index (κ3) is 2.84. The van der Waals surface area contributed by atoms with E-state index in [0.29, 0.717) is 29.4 Å². The van der Waals surface area contributed by atoms with Crippen molar-refractivity contribution in [3.8, 4) is 6.07 Å². The van der Waals surface area contributed by atoms with E-state index in [-0.39, 0.29) is 17.7 Å². The van der Waals surface area contributed by atoms with Gasteiger partial charge in [0.2, 0.25) is 5.91 Å². The molecule has 1 atom stereocenters. The van der Waals surface area contributed by atoms with Crippen LogP contribution in [0.2, 0.25) is 5.02 Å². The predicted octanol–water partition coefficient (Wildman–Crippen LogP) is 3.90. The van der Waals surface area contributed by atoms with E-state index >= 15 is 0 Å². The van der Waals surface area contributed by atoms with Gasteiger partial charge in [-0.1, -0.05) is 23.7 Å². The van der Waals surface area contributed by atoms with Crippen molar-refractivity contribution in [3.63, 3.8) is 0 Å². The quantitative estimate of drug-likeness (QED) is 0.751. The molecule has 5 rings (SSSR count). The molecule has 2 fully saturated rings. The smallest absolute Gasteiger partial charge is 0.268 e.